The standard InChI is InChI=1S/C15H18FNO4/c16-11-5-4-6-12(9-11)21-10-14(18)17-8-3-1-2-7-13(17)15(19)20/h4-6,9,13H,1-3,7-8,10H2,(H,19,20). The molecule has 0 aliphatic carbocycles. The summed E-state index contributed by atoms with van der Waals surface area (Å²) in [7, 11) is 0. The summed E-state index contributed by atoms with van der Waals surface area (Å²) in [6.45, 7) is 0.134. The van der Waals surface area contributed by atoms with E-state index in [1.165, 1.54) is 23.1 Å². The predicted molar refractivity (Wildman–Crippen MR) is 73.5 cm³/mol. The predicted octanol–water partition coefficient (Wildman–Crippen LogP) is 2.06. The Labute approximate surface area is 122 Å². The Bertz CT molecular complexity index is 520. The number of amides is 1. The first-order chi connectivity index (χ1) is 10.1. The van der Waals surface area contributed by atoms with Crippen molar-refractivity contribution in [2.45, 2.75) is 31.7 Å². The highest BCUT2D eigenvalue weighted by molar-refractivity contribution is 5.84. The number of benzene rings is 1. The summed E-state index contributed by atoms with van der Waals surface area (Å²) in [4.78, 5) is 24.8. The van der Waals surface area contributed by atoms with Crippen LogP contribution in [0.25, 0.3) is 0 Å². The van der Waals surface area contributed by atoms with Crippen molar-refractivity contribution in [1.82, 2.24) is 4.90 Å². The third-order valence-electron chi connectivity index (χ3n) is 3.52. The highest BCUT2D eigenvalue weighted by Gasteiger charge is 2.30. The zero-order valence-corrected chi connectivity index (χ0v) is 11.6. The molecule has 21 heavy (non-hydrogen) atoms. The van der Waals surface area contributed by atoms with E-state index in [-0.39, 0.29) is 18.3 Å². The lowest BCUT2D eigenvalue weighted by atomic mass is 10.1. The number of likely N-dealkylation sites (tertiary alicyclic amines) is 1. The topological polar surface area (TPSA) is 66.8 Å². The molecule has 1 amide bonds. The molecule has 0 saturated carbocycles. The molecule has 1 aliphatic rings. The molecular formula is C15H18FNO4. The van der Waals surface area contributed by atoms with Gasteiger partial charge in [-0.2, -0.15) is 0 Å². The van der Waals surface area contributed by atoms with Gasteiger partial charge in [-0.25, -0.2) is 9.18 Å². The molecule has 5 nitrogen and oxygen atoms in total. The molecule has 0 bridgehead atoms. The molecule has 0 aromatic heterocycles. The zero-order chi connectivity index (χ0) is 15.2. The summed E-state index contributed by atoms with van der Waals surface area (Å²) in [6, 6.07) is 4.71. The third-order valence-corrected chi connectivity index (χ3v) is 3.52. The molecule has 0 radical (unpaired) electrons. The molecule has 1 saturated heterocycles. The Morgan fingerprint density at radius 1 is 1.33 bits per heavy atom. The molecule has 1 aliphatic heterocycles. The molecule has 0 spiro atoms. The van der Waals surface area contributed by atoms with Crippen LogP contribution >= 0.6 is 0 Å². The van der Waals surface area contributed by atoms with E-state index in [1.807, 2.05) is 0 Å². The molecular weight excluding hydrogens is 277 g/mol. The number of carbonyl (C=O) groups excluding carboxylic acids is 1. The van der Waals surface area contributed by atoms with Crippen LogP contribution in [-0.2, 0) is 9.59 Å². The number of nitrogens with zero attached hydrogens (tertiary/aromatic N) is 1. The molecule has 1 aromatic rings. The van der Waals surface area contributed by atoms with E-state index in [2.05, 4.69) is 0 Å². The fourth-order valence-corrected chi connectivity index (χ4v) is 2.45. The van der Waals surface area contributed by atoms with E-state index < -0.39 is 17.8 Å². The van der Waals surface area contributed by atoms with Crippen molar-refractivity contribution >= 4 is 11.9 Å². The minimum absolute atomic E-state index is 0.255. The van der Waals surface area contributed by atoms with Crippen molar-refractivity contribution in [3.63, 3.8) is 0 Å². The number of halogens is 1. The van der Waals surface area contributed by atoms with Crippen LogP contribution in [0.1, 0.15) is 25.7 Å². The second-order valence-electron chi connectivity index (χ2n) is 5.04. The van der Waals surface area contributed by atoms with E-state index in [0.29, 0.717) is 13.0 Å². The van der Waals surface area contributed by atoms with Gasteiger partial charge >= 0.3 is 5.97 Å². The third kappa shape index (κ3) is 4.18. The smallest absolute Gasteiger partial charge is 0.326 e. The number of aliphatic carboxylic acids is 1. The maximum atomic E-state index is 13.0. The van der Waals surface area contributed by atoms with Gasteiger partial charge in [-0.3, -0.25) is 4.79 Å². The van der Waals surface area contributed by atoms with Crippen LogP contribution < -0.4 is 4.74 Å². The summed E-state index contributed by atoms with van der Waals surface area (Å²) >= 11 is 0. The highest BCUT2D eigenvalue weighted by Crippen LogP contribution is 2.18. The molecule has 6 heteroatoms. The van der Waals surface area contributed by atoms with Gasteiger partial charge in [0.2, 0.25) is 0 Å². The van der Waals surface area contributed by atoms with E-state index in [1.54, 1.807) is 6.07 Å². The van der Waals surface area contributed by atoms with E-state index in [4.69, 9.17) is 4.74 Å². The Morgan fingerprint density at radius 3 is 2.86 bits per heavy atom. The van der Waals surface area contributed by atoms with Crippen LogP contribution in [0.2, 0.25) is 0 Å². The fraction of sp³-hybridized carbons (Fsp3) is 0.467. The van der Waals surface area contributed by atoms with Crippen LogP contribution in [-0.4, -0.2) is 41.1 Å². The van der Waals surface area contributed by atoms with Crippen LogP contribution in [0, 0.1) is 5.82 Å². The molecule has 1 heterocycles. The Kier molecular flexibility index (Phi) is 5.14. The van der Waals surface area contributed by atoms with Gasteiger partial charge in [0.05, 0.1) is 0 Å². The van der Waals surface area contributed by atoms with Crippen molar-refractivity contribution in [3.8, 4) is 5.75 Å². The minimum Gasteiger partial charge on any atom is -0.484 e. The molecule has 1 aromatic carbocycles. The number of ether oxygens (including phenoxy) is 1. The maximum absolute atomic E-state index is 13.0. The van der Waals surface area contributed by atoms with Crippen molar-refractivity contribution in [2.75, 3.05) is 13.2 Å². The zero-order valence-electron chi connectivity index (χ0n) is 11.6. The van der Waals surface area contributed by atoms with Crippen LogP contribution in [0.3, 0.4) is 0 Å². The lowest BCUT2D eigenvalue weighted by molar-refractivity contribution is -0.151. The van der Waals surface area contributed by atoms with Gasteiger partial charge in [0.15, 0.2) is 6.61 Å². The van der Waals surface area contributed by atoms with Crippen molar-refractivity contribution in [1.29, 1.82) is 0 Å². The number of rotatable bonds is 4. The number of carbonyl (C=O) groups is 2. The number of carboxylic acids is 1. The molecule has 1 atom stereocenters. The van der Waals surface area contributed by atoms with E-state index >= 15 is 0 Å². The Balaban J connectivity index is 1.98. The lowest BCUT2D eigenvalue weighted by Crippen LogP contribution is -2.46. The van der Waals surface area contributed by atoms with Gasteiger partial charge in [-0.15, -0.1) is 0 Å². The largest absolute Gasteiger partial charge is 0.484 e. The molecule has 1 fully saturated rings. The van der Waals surface area contributed by atoms with Gasteiger partial charge in [0.1, 0.15) is 17.6 Å². The average molecular weight is 295 g/mol. The normalized spacial score (nSPS) is 18.9. The fourth-order valence-electron chi connectivity index (χ4n) is 2.45. The Morgan fingerprint density at radius 2 is 2.14 bits per heavy atom. The molecule has 114 valence electrons. The van der Waals surface area contributed by atoms with Gasteiger partial charge in [0, 0.05) is 12.6 Å². The van der Waals surface area contributed by atoms with Crippen LogP contribution in [0.4, 0.5) is 4.39 Å². The summed E-state index contributed by atoms with van der Waals surface area (Å²) in [6.07, 6.45) is 2.96. The average Bonchev–Trinajstić information content (AvgIpc) is 2.70. The van der Waals surface area contributed by atoms with Crippen molar-refractivity contribution in [2.24, 2.45) is 0 Å². The first-order valence-electron chi connectivity index (χ1n) is 6.98. The molecule has 2 rings (SSSR count). The van der Waals surface area contributed by atoms with E-state index in [9.17, 15) is 19.1 Å². The minimum atomic E-state index is -0.990. The highest BCUT2D eigenvalue weighted by atomic mass is 19.1. The van der Waals surface area contributed by atoms with Crippen molar-refractivity contribution < 1.29 is 23.8 Å². The first kappa shape index (κ1) is 15.3. The quantitative estimate of drug-likeness (QED) is 0.923. The Hall–Kier alpha value is -2.11. The first-order valence-corrected chi connectivity index (χ1v) is 6.98. The second-order valence-corrected chi connectivity index (χ2v) is 5.04. The number of hydrogen-bond donors (Lipinski definition) is 1. The monoisotopic (exact) mass is 295 g/mol. The number of hydrogen-bond acceptors (Lipinski definition) is 3. The molecule has 1 unspecified atom stereocenters. The van der Waals surface area contributed by atoms with Gasteiger partial charge < -0.3 is 14.7 Å². The summed E-state index contributed by atoms with van der Waals surface area (Å²) in [5, 5.41) is 9.22. The summed E-state index contributed by atoms with van der Waals surface area (Å²) < 4.78 is 18.3. The SMILES string of the molecule is O=C(O)C1CCCCCN1C(=O)COc1cccc(F)c1. The second kappa shape index (κ2) is 7.06. The maximum Gasteiger partial charge on any atom is 0.326 e. The van der Waals surface area contributed by atoms with Gasteiger partial charge in [-0.1, -0.05) is 18.9 Å². The molecule has 1 N–H and O–H groups in total. The van der Waals surface area contributed by atoms with Gasteiger partial charge in [0.25, 0.3) is 5.91 Å². The number of carboxylic acid groups (broad SMARTS) is 1. The van der Waals surface area contributed by atoms with Crippen molar-refractivity contribution in [3.05, 3.63) is 30.1 Å². The van der Waals surface area contributed by atoms with Crippen LogP contribution in [0.5, 0.6) is 5.75 Å². The van der Waals surface area contributed by atoms with Crippen LogP contribution in [0.15, 0.2) is 24.3 Å². The lowest BCUT2D eigenvalue weighted by Gasteiger charge is -2.26. The summed E-state index contributed by atoms with van der Waals surface area (Å²) in [5.41, 5.74) is 0. The van der Waals surface area contributed by atoms with Gasteiger partial charge in [-0.05, 0) is 25.0 Å². The van der Waals surface area contributed by atoms with E-state index in [0.717, 1.165) is 19.3 Å². The summed E-state index contributed by atoms with van der Waals surface area (Å²) in [5.74, 6) is -1.56.